The number of hydrogen-bond donors (Lipinski definition) is 0. The van der Waals surface area contributed by atoms with Gasteiger partial charge in [-0.15, -0.1) is 0 Å². The zero-order valence-corrected chi connectivity index (χ0v) is 17.5. The Bertz CT molecular complexity index is 1100. The summed E-state index contributed by atoms with van der Waals surface area (Å²) in [5, 5.41) is 1.53. The Morgan fingerprint density at radius 3 is 2.07 bits per heavy atom. The molecule has 1 atom stereocenters. The lowest BCUT2D eigenvalue weighted by molar-refractivity contribution is -0.134. The molecule has 0 aromatic heterocycles. The van der Waals surface area contributed by atoms with E-state index in [1.54, 1.807) is 6.20 Å². The Morgan fingerprint density at radius 1 is 0.900 bits per heavy atom. The molecular formula is C25H22NO3P. The van der Waals surface area contributed by atoms with E-state index in [0.717, 1.165) is 21.9 Å². The maximum Gasteiger partial charge on any atom is 0.331 e. The third kappa shape index (κ3) is 3.62. The van der Waals surface area contributed by atoms with Crippen LogP contribution in [0.15, 0.2) is 103 Å². The molecule has 1 unspecified atom stereocenters. The summed E-state index contributed by atoms with van der Waals surface area (Å²) in [6.07, 6.45) is 6.99. The number of methoxy groups -OCH3 is 1. The first-order valence-corrected chi connectivity index (χ1v) is 11.4. The number of para-hydroxylation sites is 1. The van der Waals surface area contributed by atoms with Gasteiger partial charge >= 0.3 is 5.97 Å². The lowest BCUT2D eigenvalue weighted by atomic mass is 10.1. The summed E-state index contributed by atoms with van der Waals surface area (Å²) in [5.74, 6) is -0.951. The average Bonchev–Trinajstić information content (AvgIpc) is 2.82. The highest BCUT2D eigenvalue weighted by molar-refractivity contribution is 7.79. The van der Waals surface area contributed by atoms with E-state index < -0.39 is 18.9 Å². The molecule has 5 heteroatoms. The van der Waals surface area contributed by atoms with Gasteiger partial charge in [-0.1, -0.05) is 91.0 Å². The van der Waals surface area contributed by atoms with Gasteiger partial charge in [0.1, 0.15) is 5.78 Å². The highest BCUT2D eigenvalue weighted by Crippen LogP contribution is 2.53. The van der Waals surface area contributed by atoms with Gasteiger partial charge in [0.25, 0.3) is 0 Å². The largest absolute Gasteiger partial charge is 0.466 e. The molecular weight excluding hydrogens is 393 g/mol. The Morgan fingerprint density at radius 2 is 1.47 bits per heavy atom. The Balaban J connectivity index is 1.92. The number of carbonyl (C=O) groups excluding carboxylic acids is 1. The number of esters is 1. The Hall–Kier alpha value is -3.36. The van der Waals surface area contributed by atoms with Crippen LogP contribution in [0.3, 0.4) is 0 Å². The standard InChI is InChI=1S/C25H22NO3P/c1-29-25(27)18-19-26-23-15-9-8-10-20(23)16-17-24(26)30(28,21-11-4-2-5-12-21)22-13-6-3-7-14-22/h2-19,24H,1H3/b19-18+. The number of rotatable bonds is 5. The number of fused-ring (bicyclic) bond motifs is 1. The quantitative estimate of drug-likeness (QED) is 0.349. The number of carbonyl (C=O) groups is 1. The Kier molecular flexibility index (Phi) is 5.69. The lowest BCUT2D eigenvalue weighted by Crippen LogP contribution is -2.38. The molecule has 150 valence electrons. The van der Waals surface area contributed by atoms with Crippen LogP contribution in [0.25, 0.3) is 6.08 Å². The van der Waals surface area contributed by atoms with E-state index in [9.17, 15) is 9.36 Å². The van der Waals surface area contributed by atoms with E-state index in [1.165, 1.54) is 13.2 Å². The van der Waals surface area contributed by atoms with Crippen LogP contribution >= 0.6 is 7.14 Å². The molecule has 4 rings (SSSR count). The molecule has 3 aromatic carbocycles. The normalized spacial score (nSPS) is 15.8. The average molecular weight is 415 g/mol. The smallest absolute Gasteiger partial charge is 0.331 e. The van der Waals surface area contributed by atoms with Crippen LogP contribution in [-0.4, -0.2) is 18.9 Å². The minimum Gasteiger partial charge on any atom is -0.466 e. The van der Waals surface area contributed by atoms with E-state index >= 15 is 0 Å². The second-order valence-electron chi connectivity index (χ2n) is 6.91. The molecule has 0 spiro atoms. The first-order valence-electron chi connectivity index (χ1n) is 9.67. The summed E-state index contributed by atoms with van der Waals surface area (Å²) >= 11 is 0. The van der Waals surface area contributed by atoms with Gasteiger partial charge in [-0.2, -0.15) is 0 Å². The fourth-order valence-electron chi connectivity index (χ4n) is 3.72. The van der Waals surface area contributed by atoms with Crippen molar-refractivity contribution in [2.24, 2.45) is 0 Å². The number of ether oxygens (including phenoxy) is 1. The number of hydrogen-bond acceptors (Lipinski definition) is 4. The summed E-state index contributed by atoms with van der Waals surface area (Å²) in [5.41, 5.74) is 1.88. The second kappa shape index (κ2) is 8.56. The molecule has 4 nitrogen and oxygen atoms in total. The van der Waals surface area contributed by atoms with Gasteiger partial charge < -0.3 is 14.2 Å². The van der Waals surface area contributed by atoms with Gasteiger partial charge in [-0.05, 0) is 11.6 Å². The van der Waals surface area contributed by atoms with Crippen LogP contribution in [-0.2, 0) is 14.1 Å². The minimum atomic E-state index is -3.14. The van der Waals surface area contributed by atoms with Crippen LogP contribution in [0.1, 0.15) is 5.56 Å². The van der Waals surface area contributed by atoms with Gasteiger partial charge in [0.15, 0.2) is 7.14 Å². The zero-order chi connectivity index (χ0) is 21.0. The monoisotopic (exact) mass is 415 g/mol. The highest BCUT2D eigenvalue weighted by atomic mass is 31.2. The lowest BCUT2D eigenvalue weighted by Gasteiger charge is -2.38. The molecule has 0 fully saturated rings. The van der Waals surface area contributed by atoms with Crippen molar-refractivity contribution in [1.82, 2.24) is 0 Å². The Labute approximate surface area is 176 Å². The first-order chi connectivity index (χ1) is 14.6. The number of anilines is 1. The third-order valence-electron chi connectivity index (χ3n) is 5.17. The summed E-state index contributed by atoms with van der Waals surface area (Å²) in [6.45, 7) is 0. The van der Waals surface area contributed by atoms with Crippen LogP contribution in [0.2, 0.25) is 0 Å². The molecule has 0 radical (unpaired) electrons. The van der Waals surface area contributed by atoms with Crippen molar-refractivity contribution >= 4 is 35.5 Å². The van der Waals surface area contributed by atoms with E-state index in [1.807, 2.05) is 102 Å². The minimum absolute atomic E-state index is 0.463. The van der Waals surface area contributed by atoms with Crippen molar-refractivity contribution in [2.45, 2.75) is 5.78 Å². The molecule has 0 saturated heterocycles. The fourth-order valence-corrected chi connectivity index (χ4v) is 6.74. The molecule has 1 heterocycles. The second-order valence-corrected chi connectivity index (χ2v) is 9.78. The van der Waals surface area contributed by atoms with Gasteiger partial charge in [0.2, 0.25) is 0 Å². The van der Waals surface area contributed by atoms with Crippen LogP contribution < -0.4 is 15.5 Å². The van der Waals surface area contributed by atoms with E-state index in [2.05, 4.69) is 0 Å². The van der Waals surface area contributed by atoms with Crippen LogP contribution in [0.5, 0.6) is 0 Å². The molecule has 0 amide bonds. The van der Waals surface area contributed by atoms with E-state index in [4.69, 9.17) is 4.74 Å². The molecule has 1 aliphatic rings. The molecule has 3 aromatic rings. The summed E-state index contributed by atoms with van der Waals surface area (Å²) in [7, 11) is -1.80. The SMILES string of the molecule is COC(=O)/C=C/N1c2ccccc2C=CC1P(=O)(c1ccccc1)c1ccccc1. The van der Waals surface area contributed by atoms with Gasteiger partial charge in [-0.3, -0.25) is 0 Å². The molecule has 0 saturated carbocycles. The van der Waals surface area contributed by atoms with Crippen molar-refractivity contribution in [3.05, 3.63) is 109 Å². The maximum atomic E-state index is 14.9. The van der Waals surface area contributed by atoms with Crippen LogP contribution in [0.4, 0.5) is 5.69 Å². The molecule has 0 N–H and O–H groups in total. The topological polar surface area (TPSA) is 46.6 Å². The first kappa shape index (κ1) is 19.9. The summed E-state index contributed by atoms with van der Waals surface area (Å²) < 4.78 is 19.6. The van der Waals surface area contributed by atoms with Gasteiger partial charge in [-0.25, -0.2) is 4.79 Å². The van der Waals surface area contributed by atoms with Crippen LogP contribution in [0, 0.1) is 0 Å². The highest BCUT2D eigenvalue weighted by Gasteiger charge is 2.40. The fraction of sp³-hybridized carbons (Fsp3) is 0.0800. The van der Waals surface area contributed by atoms with Crippen molar-refractivity contribution in [3.63, 3.8) is 0 Å². The van der Waals surface area contributed by atoms with E-state index in [0.29, 0.717) is 0 Å². The number of benzene rings is 3. The van der Waals surface area contributed by atoms with E-state index in [-0.39, 0.29) is 0 Å². The third-order valence-corrected chi connectivity index (χ3v) is 8.47. The predicted molar refractivity (Wildman–Crippen MR) is 123 cm³/mol. The van der Waals surface area contributed by atoms with Crippen molar-refractivity contribution < 1.29 is 14.1 Å². The maximum absolute atomic E-state index is 14.9. The van der Waals surface area contributed by atoms with Crippen molar-refractivity contribution in [1.29, 1.82) is 0 Å². The molecule has 0 aliphatic carbocycles. The molecule has 1 aliphatic heterocycles. The van der Waals surface area contributed by atoms with Gasteiger partial charge in [0, 0.05) is 28.6 Å². The van der Waals surface area contributed by atoms with Gasteiger partial charge in [0.05, 0.1) is 7.11 Å². The summed E-state index contributed by atoms with van der Waals surface area (Å²) in [4.78, 5) is 13.7. The van der Waals surface area contributed by atoms with Crippen molar-refractivity contribution in [2.75, 3.05) is 12.0 Å². The van der Waals surface area contributed by atoms with Crippen molar-refractivity contribution in [3.8, 4) is 0 Å². The molecule has 0 bridgehead atoms. The molecule has 30 heavy (non-hydrogen) atoms. The zero-order valence-electron chi connectivity index (χ0n) is 16.6. The number of nitrogens with zero attached hydrogens (tertiary/aromatic N) is 1. The summed E-state index contributed by atoms with van der Waals surface area (Å²) in [6, 6.07) is 26.9. The predicted octanol–water partition coefficient (Wildman–Crippen LogP) is 4.55.